The number of rotatable bonds is 9. The van der Waals surface area contributed by atoms with Crippen molar-refractivity contribution in [2.75, 3.05) is 13.2 Å². The molecule has 1 heterocycles. The number of ketones is 1. The van der Waals surface area contributed by atoms with E-state index in [4.69, 9.17) is 5.73 Å². The predicted octanol–water partition coefficient (Wildman–Crippen LogP) is 2.03. The Balaban J connectivity index is 2.11. The van der Waals surface area contributed by atoms with Crippen LogP contribution < -0.4 is 11.1 Å². The maximum Gasteiger partial charge on any atom is 0.315 e. The van der Waals surface area contributed by atoms with Crippen LogP contribution in [0.15, 0.2) is 42.6 Å². The molecule has 0 saturated carbocycles. The van der Waals surface area contributed by atoms with E-state index < -0.39 is 31.2 Å². The fraction of sp³-hybridized carbons (Fsp3) is 0.316. The Bertz CT molecular complexity index is 798. The van der Waals surface area contributed by atoms with Crippen molar-refractivity contribution in [3.8, 4) is 11.1 Å². The van der Waals surface area contributed by atoms with Gasteiger partial charge in [-0.2, -0.15) is 8.78 Å². The number of hydrogen-bond acceptors (Lipinski definition) is 5. The molecule has 150 valence electrons. The summed E-state index contributed by atoms with van der Waals surface area (Å²) in [6, 6.07) is 8.03. The number of pyridine rings is 1. The first-order valence-corrected chi connectivity index (χ1v) is 8.49. The zero-order valence-corrected chi connectivity index (χ0v) is 14.8. The van der Waals surface area contributed by atoms with Crippen molar-refractivity contribution in [2.45, 2.75) is 25.0 Å². The van der Waals surface area contributed by atoms with Gasteiger partial charge >= 0.3 is 6.43 Å². The normalized spacial score (nSPS) is 13.2. The second kappa shape index (κ2) is 9.95. The van der Waals surface area contributed by atoms with Gasteiger partial charge in [-0.15, -0.1) is 0 Å². The third-order valence-electron chi connectivity index (χ3n) is 4.08. The summed E-state index contributed by atoms with van der Waals surface area (Å²) < 4.78 is 37.7. The summed E-state index contributed by atoms with van der Waals surface area (Å²) in [7, 11) is 0. The van der Waals surface area contributed by atoms with Crippen LogP contribution in [0, 0.1) is 0 Å². The second-order valence-corrected chi connectivity index (χ2v) is 6.03. The lowest BCUT2D eigenvalue weighted by Gasteiger charge is -2.22. The van der Waals surface area contributed by atoms with E-state index in [0.29, 0.717) is 11.3 Å². The van der Waals surface area contributed by atoms with E-state index in [-0.39, 0.29) is 24.3 Å². The number of halogens is 3. The number of nitrogens with two attached hydrogens (primary N) is 1. The van der Waals surface area contributed by atoms with Crippen molar-refractivity contribution >= 4 is 11.7 Å². The van der Waals surface area contributed by atoms with Gasteiger partial charge in [-0.3, -0.25) is 14.6 Å². The van der Waals surface area contributed by atoms with Crippen LogP contribution in [0.4, 0.5) is 13.2 Å². The van der Waals surface area contributed by atoms with Gasteiger partial charge in [0.15, 0.2) is 5.78 Å². The van der Waals surface area contributed by atoms with Gasteiger partial charge in [-0.25, -0.2) is 4.39 Å². The van der Waals surface area contributed by atoms with Crippen LogP contribution in [-0.4, -0.2) is 47.5 Å². The van der Waals surface area contributed by atoms with Crippen molar-refractivity contribution < 1.29 is 27.9 Å². The standard InChI is InChI=1S/C19H20F3N3O3/c20-9-15(25-19(28)18(21)22)17(27)12-3-1-11(2-4-12)13-5-6-14(24-10-13)16(26)7-8-23/h1-6,10,15,17-18,27H,7-9,23H2,(H,25,28)/t15-,17+/m1/s1. The Hall–Kier alpha value is -2.78. The fourth-order valence-electron chi connectivity index (χ4n) is 2.54. The number of carbonyl (C=O) groups is 2. The molecule has 6 nitrogen and oxygen atoms in total. The first kappa shape index (κ1) is 21.5. The zero-order chi connectivity index (χ0) is 20.7. The average Bonchev–Trinajstić information content (AvgIpc) is 2.71. The molecule has 0 aliphatic heterocycles. The molecule has 0 bridgehead atoms. The SMILES string of the molecule is NCCC(=O)c1ccc(-c2ccc([C@H](O)[C@@H](CF)NC(=O)C(F)F)cc2)cn1. The van der Waals surface area contributed by atoms with Gasteiger partial charge in [-0.1, -0.05) is 30.3 Å². The number of aliphatic hydroxyl groups is 1. The molecule has 1 aromatic carbocycles. The highest BCUT2D eigenvalue weighted by atomic mass is 19.3. The molecule has 9 heteroatoms. The van der Waals surface area contributed by atoms with Gasteiger partial charge in [-0.05, 0) is 23.7 Å². The van der Waals surface area contributed by atoms with Gasteiger partial charge < -0.3 is 16.2 Å². The highest BCUT2D eigenvalue weighted by Crippen LogP contribution is 2.24. The van der Waals surface area contributed by atoms with Crippen LogP contribution >= 0.6 is 0 Å². The molecule has 28 heavy (non-hydrogen) atoms. The maximum atomic E-state index is 13.1. The molecular formula is C19H20F3N3O3. The summed E-state index contributed by atoms with van der Waals surface area (Å²) in [5, 5.41) is 11.9. The molecule has 4 N–H and O–H groups in total. The summed E-state index contributed by atoms with van der Waals surface area (Å²) in [5.41, 5.74) is 7.33. The Morgan fingerprint density at radius 1 is 1.11 bits per heavy atom. The molecule has 2 atom stereocenters. The average molecular weight is 395 g/mol. The first-order chi connectivity index (χ1) is 13.4. The third kappa shape index (κ3) is 5.37. The lowest BCUT2D eigenvalue weighted by Crippen LogP contribution is -2.43. The summed E-state index contributed by atoms with van der Waals surface area (Å²) >= 11 is 0. The van der Waals surface area contributed by atoms with Crippen molar-refractivity contribution in [3.63, 3.8) is 0 Å². The van der Waals surface area contributed by atoms with E-state index in [1.165, 1.54) is 18.3 Å². The van der Waals surface area contributed by atoms with E-state index in [0.717, 1.165) is 5.56 Å². The predicted molar refractivity (Wildman–Crippen MR) is 96.5 cm³/mol. The molecule has 1 amide bonds. The number of hydrogen-bond donors (Lipinski definition) is 3. The Kier molecular flexibility index (Phi) is 7.65. The summed E-state index contributed by atoms with van der Waals surface area (Å²) in [6.45, 7) is -0.965. The third-order valence-corrected chi connectivity index (χ3v) is 4.08. The van der Waals surface area contributed by atoms with E-state index in [1.807, 2.05) is 0 Å². The number of nitrogens with zero attached hydrogens (tertiary/aromatic N) is 1. The summed E-state index contributed by atoms with van der Waals surface area (Å²) in [4.78, 5) is 26.9. The van der Waals surface area contributed by atoms with Crippen LogP contribution in [0.1, 0.15) is 28.6 Å². The molecule has 1 aromatic heterocycles. The maximum absolute atomic E-state index is 13.1. The molecule has 2 aromatic rings. The van der Waals surface area contributed by atoms with Crippen molar-refractivity contribution in [1.29, 1.82) is 0 Å². The fourth-order valence-corrected chi connectivity index (χ4v) is 2.54. The van der Waals surface area contributed by atoms with Crippen LogP contribution in [0.25, 0.3) is 11.1 Å². The van der Waals surface area contributed by atoms with E-state index >= 15 is 0 Å². The van der Waals surface area contributed by atoms with Crippen molar-refractivity contribution in [1.82, 2.24) is 10.3 Å². The number of nitrogens with one attached hydrogen (secondary N) is 1. The number of aromatic nitrogens is 1. The number of alkyl halides is 3. The largest absolute Gasteiger partial charge is 0.386 e. The number of Topliss-reactive ketones (excluding diaryl/α,β-unsaturated/α-hetero) is 1. The first-order valence-electron chi connectivity index (χ1n) is 8.49. The minimum Gasteiger partial charge on any atom is -0.386 e. The molecular weight excluding hydrogens is 375 g/mol. The molecule has 0 aliphatic carbocycles. The van der Waals surface area contributed by atoms with E-state index in [9.17, 15) is 27.9 Å². The lowest BCUT2D eigenvalue weighted by molar-refractivity contribution is -0.133. The smallest absolute Gasteiger partial charge is 0.315 e. The molecule has 0 spiro atoms. The van der Waals surface area contributed by atoms with Gasteiger partial charge in [0.05, 0.1) is 6.04 Å². The van der Waals surface area contributed by atoms with Crippen molar-refractivity contribution in [2.24, 2.45) is 5.73 Å². The molecule has 0 fully saturated rings. The Morgan fingerprint density at radius 2 is 1.75 bits per heavy atom. The van der Waals surface area contributed by atoms with Crippen LogP contribution in [0.3, 0.4) is 0 Å². The molecule has 0 saturated heterocycles. The highest BCUT2D eigenvalue weighted by Gasteiger charge is 2.26. The van der Waals surface area contributed by atoms with E-state index in [2.05, 4.69) is 4.98 Å². The number of benzene rings is 1. The second-order valence-electron chi connectivity index (χ2n) is 6.03. The van der Waals surface area contributed by atoms with Gasteiger partial charge in [0.1, 0.15) is 18.5 Å². The van der Waals surface area contributed by atoms with Gasteiger partial charge in [0.25, 0.3) is 5.91 Å². The van der Waals surface area contributed by atoms with Gasteiger partial charge in [0, 0.05) is 18.2 Å². The van der Waals surface area contributed by atoms with Crippen molar-refractivity contribution in [3.05, 3.63) is 53.9 Å². The topological polar surface area (TPSA) is 105 Å². The van der Waals surface area contributed by atoms with Crippen LogP contribution in [0.2, 0.25) is 0 Å². The molecule has 0 aliphatic rings. The minimum absolute atomic E-state index is 0.157. The summed E-state index contributed by atoms with van der Waals surface area (Å²) in [6.07, 6.45) is -3.06. The summed E-state index contributed by atoms with van der Waals surface area (Å²) in [5.74, 6) is -1.80. The van der Waals surface area contributed by atoms with Crippen LogP contribution in [0.5, 0.6) is 0 Å². The number of carbonyl (C=O) groups excluding carboxylic acids is 2. The molecule has 0 radical (unpaired) electrons. The van der Waals surface area contributed by atoms with E-state index in [1.54, 1.807) is 29.6 Å². The molecule has 2 rings (SSSR count). The zero-order valence-electron chi connectivity index (χ0n) is 14.8. The molecule has 0 unspecified atom stereocenters. The number of amides is 1. The van der Waals surface area contributed by atoms with Crippen LogP contribution in [-0.2, 0) is 4.79 Å². The monoisotopic (exact) mass is 395 g/mol. The van der Waals surface area contributed by atoms with Gasteiger partial charge in [0.2, 0.25) is 0 Å². The minimum atomic E-state index is -3.30. The number of aliphatic hydroxyl groups excluding tert-OH is 1. The Morgan fingerprint density at radius 3 is 2.25 bits per heavy atom. The quantitative estimate of drug-likeness (QED) is 0.564. The highest BCUT2D eigenvalue weighted by molar-refractivity contribution is 5.94. The lowest BCUT2D eigenvalue weighted by atomic mass is 9.99. The Labute approximate surface area is 159 Å².